The predicted octanol–water partition coefficient (Wildman–Crippen LogP) is -0.0825. The van der Waals surface area contributed by atoms with Crippen molar-refractivity contribution in [3.63, 3.8) is 0 Å². The first-order valence-electron chi connectivity index (χ1n) is 6.84. The van der Waals surface area contributed by atoms with Crippen LogP contribution in [0.25, 0.3) is 0 Å². The molecule has 2 aliphatic rings. The summed E-state index contributed by atoms with van der Waals surface area (Å²) in [5.41, 5.74) is -0.458. The van der Waals surface area contributed by atoms with E-state index in [2.05, 4.69) is 10.2 Å². The summed E-state index contributed by atoms with van der Waals surface area (Å²) in [7, 11) is 1.84. The van der Waals surface area contributed by atoms with Gasteiger partial charge >= 0.3 is 0 Å². The van der Waals surface area contributed by atoms with E-state index in [9.17, 15) is 4.79 Å². The summed E-state index contributed by atoms with van der Waals surface area (Å²) in [6.45, 7) is 9.29. The molecule has 0 aromatic carbocycles. The number of morpholine rings is 1. The quantitative estimate of drug-likeness (QED) is 0.766. The molecule has 1 N–H and O–H groups in total. The molecule has 5 heteroatoms. The highest BCUT2D eigenvalue weighted by Crippen LogP contribution is 2.19. The first-order chi connectivity index (χ1) is 8.54. The predicted molar refractivity (Wildman–Crippen MR) is 70.5 cm³/mol. The van der Waals surface area contributed by atoms with Crippen molar-refractivity contribution in [2.45, 2.75) is 31.8 Å². The highest BCUT2D eigenvalue weighted by molar-refractivity contribution is 5.85. The van der Waals surface area contributed by atoms with Gasteiger partial charge in [0.2, 0.25) is 5.91 Å². The fourth-order valence-electron chi connectivity index (χ4n) is 2.67. The van der Waals surface area contributed by atoms with Crippen LogP contribution in [0, 0.1) is 0 Å². The van der Waals surface area contributed by atoms with Crippen LogP contribution >= 0.6 is 0 Å². The molecule has 0 aromatic rings. The van der Waals surface area contributed by atoms with Crippen LogP contribution in [0.5, 0.6) is 0 Å². The third-order valence-electron chi connectivity index (χ3n) is 4.17. The Kier molecular flexibility index (Phi) is 4.25. The molecule has 2 heterocycles. The minimum Gasteiger partial charge on any atom is -0.379 e. The molecule has 0 aromatic heterocycles. The van der Waals surface area contributed by atoms with Crippen LogP contribution in [-0.2, 0) is 9.53 Å². The first-order valence-corrected chi connectivity index (χ1v) is 6.84. The lowest BCUT2D eigenvalue weighted by atomic mass is 10.0. The van der Waals surface area contributed by atoms with Gasteiger partial charge in [0.05, 0.1) is 18.8 Å². The van der Waals surface area contributed by atoms with E-state index in [0.29, 0.717) is 6.04 Å². The zero-order valence-corrected chi connectivity index (χ0v) is 11.7. The van der Waals surface area contributed by atoms with E-state index in [0.717, 1.165) is 45.8 Å². The number of carbonyl (C=O) groups is 1. The van der Waals surface area contributed by atoms with E-state index in [1.165, 1.54) is 0 Å². The summed E-state index contributed by atoms with van der Waals surface area (Å²) in [6.07, 6.45) is 1.09. The van der Waals surface area contributed by atoms with Crippen molar-refractivity contribution in [1.82, 2.24) is 15.1 Å². The highest BCUT2D eigenvalue weighted by atomic mass is 16.5. The van der Waals surface area contributed by atoms with E-state index >= 15 is 0 Å². The Morgan fingerprint density at radius 3 is 2.56 bits per heavy atom. The molecule has 2 aliphatic heterocycles. The Morgan fingerprint density at radius 2 is 1.94 bits per heavy atom. The van der Waals surface area contributed by atoms with Crippen molar-refractivity contribution in [3.8, 4) is 0 Å². The molecule has 1 unspecified atom stereocenters. The Morgan fingerprint density at radius 1 is 1.28 bits per heavy atom. The number of rotatable bonds is 3. The summed E-state index contributed by atoms with van der Waals surface area (Å²) in [4.78, 5) is 16.8. The minimum absolute atomic E-state index is 0.209. The lowest BCUT2D eigenvalue weighted by Gasteiger charge is -2.33. The Hall–Kier alpha value is -0.650. The number of carbonyl (C=O) groups excluding carboxylic acids is 1. The highest BCUT2D eigenvalue weighted by Gasteiger charge is 2.36. The minimum atomic E-state index is -0.458. The van der Waals surface area contributed by atoms with Gasteiger partial charge in [-0.3, -0.25) is 9.69 Å². The van der Waals surface area contributed by atoms with Gasteiger partial charge in [-0.15, -0.1) is 0 Å². The van der Waals surface area contributed by atoms with Gasteiger partial charge in [-0.1, -0.05) is 0 Å². The molecule has 18 heavy (non-hydrogen) atoms. The number of hydrogen-bond acceptors (Lipinski definition) is 4. The Balaban J connectivity index is 1.89. The number of nitrogens with zero attached hydrogens (tertiary/aromatic N) is 2. The van der Waals surface area contributed by atoms with Gasteiger partial charge in [0.25, 0.3) is 0 Å². The molecule has 1 atom stereocenters. The van der Waals surface area contributed by atoms with E-state index in [1.54, 1.807) is 0 Å². The molecule has 1 amide bonds. The largest absolute Gasteiger partial charge is 0.379 e. The Labute approximate surface area is 109 Å². The maximum atomic E-state index is 12.3. The maximum Gasteiger partial charge on any atom is 0.242 e. The fraction of sp³-hybridized carbons (Fsp3) is 0.923. The molecule has 0 spiro atoms. The zero-order chi connectivity index (χ0) is 13.2. The standard InChI is InChI=1S/C13H25N3O2/c1-13(2,14-3)12(17)16-5-4-11(10-16)15-6-8-18-9-7-15/h11,14H,4-10H2,1-3H3. The van der Waals surface area contributed by atoms with Crippen molar-refractivity contribution in [3.05, 3.63) is 0 Å². The van der Waals surface area contributed by atoms with Crippen LogP contribution < -0.4 is 5.32 Å². The third kappa shape index (κ3) is 2.84. The number of likely N-dealkylation sites (N-methyl/N-ethyl adjacent to an activating group) is 1. The molecular weight excluding hydrogens is 230 g/mol. The average molecular weight is 255 g/mol. The van der Waals surface area contributed by atoms with Crippen LogP contribution in [0.15, 0.2) is 0 Å². The monoisotopic (exact) mass is 255 g/mol. The van der Waals surface area contributed by atoms with Crippen LogP contribution in [-0.4, -0.2) is 73.7 Å². The molecule has 5 nitrogen and oxygen atoms in total. The second kappa shape index (κ2) is 5.55. The molecule has 2 rings (SSSR count). The van der Waals surface area contributed by atoms with Gasteiger partial charge in [-0.25, -0.2) is 0 Å². The number of likely N-dealkylation sites (tertiary alicyclic amines) is 1. The van der Waals surface area contributed by atoms with Crippen LogP contribution in [0.2, 0.25) is 0 Å². The normalized spacial score (nSPS) is 26.6. The SMILES string of the molecule is CNC(C)(C)C(=O)N1CCC(N2CCOCC2)C1. The molecule has 0 saturated carbocycles. The van der Waals surface area contributed by atoms with Crippen molar-refractivity contribution in [2.24, 2.45) is 0 Å². The van der Waals surface area contributed by atoms with E-state index in [-0.39, 0.29) is 5.91 Å². The lowest BCUT2D eigenvalue weighted by Crippen LogP contribution is -2.53. The molecule has 0 radical (unpaired) electrons. The van der Waals surface area contributed by atoms with Gasteiger partial charge in [0.15, 0.2) is 0 Å². The summed E-state index contributed by atoms with van der Waals surface area (Å²) >= 11 is 0. The lowest BCUT2D eigenvalue weighted by molar-refractivity contribution is -0.136. The van der Waals surface area contributed by atoms with Crippen LogP contribution in [0.4, 0.5) is 0 Å². The molecule has 104 valence electrons. The number of nitrogens with one attached hydrogen (secondary N) is 1. The topological polar surface area (TPSA) is 44.8 Å². The van der Waals surface area contributed by atoms with Gasteiger partial charge < -0.3 is 15.0 Å². The van der Waals surface area contributed by atoms with Crippen molar-refractivity contribution >= 4 is 5.91 Å². The van der Waals surface area contributed by atoms with Crippen molar-refractivity contribution < 1.29 is 9.53 Å². The molecule has 2 fully saturated rings. The third-order valence-corrected chi connectivity index (χ3v) is 4.17. The number of amides is 1. The summed E-state index contributed by atoms with van der Waals surface area (Å²) in [5.74, 6) is 0.209. The second-order valence-electron chi connectivity index (χ2n) is 5.72. The number of ether oxygens (including phenoxy) is 1. The molecule has 2 saturated heterocycles. The van der Waals surface area contributed by atoms with E-state index < -0.39 is 5.54 Å². The van der Waals surface area contributed by atoms with Gasteiger partial charge in [-0.05, 0) is 27.3 Å². The molecule has 0 aliphatic carbocycles. The number of hydrogen-bond donors (Lipinski definition) is 1. The zero-order valence-electron chi connectivity index (χ0n) is 11.7. The molecular formula is C13H25N3O2. The summed E-state index contributed by atoms with van der Waals surface area (Å²) in [5, 5.41) is 3.09. The summed E-state index contributed by atoms with van der Waals surface area (Å²) < 4.78 is 5.37. The van der Waals surface area contributed by atoms with Crippen molar-refractivity contribution in [2.75, 3.05) is 46.4 Å². The second-order valence-corrected chi connectivity index (χ2v) is 5.72. The summed E-state index contributed by atoms with van der Waals surface area (Å²) in [6, 6.07) is 0.519. The van der Waals surface area contributed by atoms with Crippen LogP contribution in [0.1, 0.15) is 20.3 Å². The molecule has 0 bridgehead atoms. The fourth-order valence-corrected chi connectivity index (χ4v) is 2.67. The van der Waals surface area contributed by atoms with E-state index in [1.807, 2.05) is 25.8 Å². The van der Waals surface area contributed by atoms with Gasteiger partial charge in [0, 0.05) is 32.2 Å². The average Bonchev–Trinajstić information content (AvgIpc) is 2.88. The van der Waals surface area contributed by atoms with Gasteiger partial charge in [-0.2, -0.15) is 0 Å². The van der Waals surface area contributed by atoms with E-state index in [4.69, 9.17) is 4.74 Å². The van der Waals surface area contributed by atoms with Crippen LogP contribution in [0.3, 0.4) is 0 Å². The smallest absolute Gasteiger partial charge is 0.242 e. The maximum absolute atomic E-state index is 12.3. The Bertz CT molecular complexity index is 301. The van der Waals surface area contributed by atoms with Crippen molar-refractivity contribution in [1.29, 1.82) is 0 Å². The first kappa shape index (κ1) is 13.8. The van der Waals surface area contributed by atoms with Gasteiger partial charge in [0.1, 0.15) is 0 Å².